The van der Waals surface area contributed by atoms with E-state index in [1.807, 2.05) is 29.2 Å². The Morgan fingerprint density at radius 3 is 1.95 bits per heavy atom. The third-order valence-corrected chi connectivity index (χ3v) is 9.61. The van der Waals surface area contributed by atoms with E-state index < -0.39 is 36.0 Å². The van der Waals surface area contributed by atoms with E-state index in [2.05, 4.69) is 18.4 Å². The molecule has 1 aliphatic rings. The molecule has 214 valence electrons. The van der Waals surface area contributed by atoms with Crippen molar-refractivity contribution in [2.75, 3.05) is 13.1 Å². The van der Waals surface area contributed by atoms with E-state index in [0.29, 0.717) is 10.9 Å². The third kappa shape index (κ3) is 6.70. The van der Waals surface area contributed by atoms with E-state index in [4.69, 9.17) is 20.7 Å². The standard InChI is InChI=1S/C16H16ClNO2S.C10H8O6S2.H2O/c1-10-8-18(9-14(19)20)15(12-6-7-21-16(10)12)11-4-2-3-5-13(11)17;11-17(12,13)9-5-1-3-7-8(9)4-2-6-10(7)18(14,15)16;/h2-7,10,15H,8-9H2,1H3,(H,19,20);1-6H,(H,11,12,13)(H,14,15,16);1H2/t10?,15-;;/m1../s1. The zero-order valence-corrected chi connectivity index (χ0v) is 24.1. The summed E-state index contributed by atoms with van der Waals surface area (Å²) in [5.74, 6) is -0.462. The van der Waals surface area contributed by atoms with Crippen LogP contribution in [-0.4, -0.2) is 60.5 Å². The molecular weight excluding hydrogens is 602 g/mol. The Morgan fingerprint density at radius 1 is 0.900 bits per heavy atom. The van der Waals surface area contributed by atoms with Crippen LogP contribution < -0.4 is 0 Å². The van der Waals surface area contributed by atoms with Crippen LogP contribution in [0.15, 0.2) is 81.9 Å². The van der Waals surface area contributed by atoms with E-state index in [1.54, 1.807) is 11.3 Å². The van der Waals surface area contributed by atoms with E-state index in [-0.39, 0.29) is 28.8 Å². The molecule has 5 rings (SSSR count). The van der Waals surface area contributed by atoms with E-state index >= 15 is 0 Å². The first-order valence-electron chi connectivity index (χ1n) is 11.5. The molecule has 40 heavy (non-hydrogen) atoms. The van der Waals surface area contributed by atoms with Gasteiger partial charge in [-0.25, -0.2) is 0 Å². The zero-order valence-electron chi connectivity index (χ0n) is 20.9. The topological polar surface area (TPSA) is 181 Å². The van der Waals surface area contributed by atoms with Gasteiger partial charge in [0, 0.05) is 33.1 Å². The van der Waals surface area contributed by atoms with Crippen LogP contribution in [0.3, 0.4) is 0 Å². The second-order valence-electron chi connectivity index (χ2n) is 8.95. The average Bonchev–Trinajstić information content (AvgIpc) is 3.34. The van der Waals surface area contributed by atoms with Gasteiger partial charge in [0.1, 0.15) is 9.79 Å². The van der Waals surface area contributed by atoms with Crippen molar-refractivity contribution in [3.05, 3.63) is 93.1 Å². The van der Waals surface area contributed by atoms with Gasteiger partial charge in [-0.1, -0.05) is 61.0 Å². The number of halogens is 1. The lowest BCUT2D eigenvalue weighted by Gasteiger charge is -2.38. The van der Waals surface area contributed by atoms with Crippen molar-refractivity contribution >= 4 is 59.9 Å². The van der Waals surface area contributed by atoms with Gasteiger partial charge < -0.3 is 10.6 Å². The smallest absolute Gasteiger partial charge is 0.317 e. The van der Waals surface area contributed by atoms with Gasteiger partial charge in [-0.3, -0.25) is 18.8 Å². The molecule has 1 aliphatic heterocycles. The first-order chi connectivity index (χ1) is 18.3. The molecule has 0 radical (unpaired) electrons. The van der Waals surface area contributed by atoms with Crippen molar-refractivity contribution < 1.29 is 41.3 Å². The third-order valence-electron chi connectivity index (χ3n) is 6.28. The number of aliphatic carboxylic acids is 1. The zero-order chi connectivity index (χ0) is 28.5. The number of fused-ring (bicyclic) bond motifs is 2. The lowest BCUT2D eigenvalue weighted by molar-refractivity contribution is -0.138. The predicted octanol–water partition coefficient (Wildman–Crippen LogP) is 4.50. The fourth-order valence-electron chi connectivity index (χ4n) is 4.79. The summed E-state index contributed by atoms with van der Waals surface area (Å²) in [5.41, 5.74) is 2.17. The van der Waals surface area contributed by atoms with Gasteiger partial charge in [-0.2, -0.15) is 16.8 Å². The minimum atomic E-state index is -4.47. The highest BCUT2D eigenvalue weighted by atomic mass is 35.5. The van der Waals surface area contributed by atoms with Crippen LogP contribution in [0.1, 0.15) is 34.9 Å². The fraction of sp³-hybridized carbons (Fsp3) is 0.192. The van der Waals surface area contributed by atoms with Crippen LogP contribution in [-0.2, 0) is 25.0 Å². The quantitative estimate of drug-likeness (QED) is 0.268. The lowest BCUT2D eigenvalue weighted by atomic mass is 9.89. The first kappa shape index (κ1) is 31.6. The summed E-state index contributed by atoms with van der Waals surface area (Å²) >= 11 is 8.10. The Morgan fingerprint density at radius 2 is 1.45 bits per heavy atom. The number of hydrogen-bond donors (Lipinski definition) is 3. The van der Waals surface area contributed by atoms with Crippen LogP contribution >= 0.6 is 22.9 Å². The maximum atomic E-state index is 11.2. The molecule has 0 aliphatic carbocycles. The van der Waals surface area contributed by atoms with Crippen molar-refractivity contribution in [2.45, 2.75) is 28.7 Å². The minimum Gasteiger partial charge on any atom is -0.480 e. The maximum Gasteiger partial charge on any atom is 0.317 e. The number of hydrogen-bond acceptors (Lipinski definition) is 7. The molecule has 3 aromatic carbocycles. The molecule has 0 spiro atoms. The van der Waals surface area contributed by atoms with Crippen molar-refractivity contribution in [3.8, 4) is 0 Å². The highest BCUT2D eigenvalue weighted by Gasteiger charge is 2.35. The van der Waals surface area contributed by atoms with Crippen LogP contribution in [0.4, 0.5) is 0 Å². The monoisotopic (exact) mass is 627 g/mol. The van der Waals surface area contributed by atoms with Crippen LogP contribution in [0, 0.1) is 0 Å². The van der Waals surface area contributed by atoms with Gasteiger partial charge in [-0.05, 0) is 40.8 Å². The number of rotatable bonds is 5. The highest BCUT2D eigenvalue weighted by molar-refractivity contribution is 7.86. The van der Waals surface area contributed by atoms with Gasteiger partial charge in [-0.15, -0.1) is 11.3 Å². The summed E-state index contributed by atoms with van der Waals surface area (Å²) in [6.45, 7) is 2.90. The molecule has 14 heteroatoms. The highest BCUT2D eigenvalue weighted by Crippen LogP contribution is 2.43. The molecule has 0 bridgehead atoms. The van der Waals surface area contributed by atoms with Crippen molar-refractivity contribution in [1.29, 1.82) is 0 Å². The summed E-state index contributed by atoms with van der Waals surface area (Å²) in [6, 6.07) is 17.2. The predicted molar refractivity (Wildman–Crippen MR) is 152 cm³/mol. The fourth-order valence-corrected chi connectivity index (χ4v) is 7.42. The number of nitrogens with zero attached hydrogens (tertiary/aromatic N) is 1. The number of carboxylic acid groups (broad SMARTS) is 1. The summed E-state index contributed by atoms with van der Waals surface area (Å²) in [7, 11) is -8.94. The number of carboxylic acids is 1. The Balaban J connectivity index is 0.000000218. The molecule has 0 saturated carbocycles. The second kappa shape index (κ2) is 12.3. The van der Waals surface area contributed by atoms with Gasteiger partial charge in [0.15, 0.2) is 0 Å². The maximum absolute atomic E-state index is 11.2. The molecule has 0 amide bonds. The van der Waals surface area contributed by atoms with Crippen LogP contribution in [0.25, 0.3) is 10.8 Å². The molecule has 10 nitrogen and oxygen atoms in total. The average molecular weight is 628 g/mol. The first-order valence-corrected chi connectivity index (χ1v) is 15.7. The lowest BCUT2D eigenvalue weighted by Crippen LogP contribution is -2.40. The molecule has 0 fully saturated rings. The Hall–Kier alpha value is -2.88. The second-order valence-corrected chi connectivity index (χ2v) is 13.1. The summed E-state index contributed by atoms with van der Waals surface area (Å²) in [4.78, 5) is 13.7. The van der Waals surface area contributed by atoms with E-state index in [0.717, 1.165) is 24.2 Å². The van der Waals surface area contributed by atoms with E-state index in [9.17, 15) is 26.7 Å². The molecule has 2 heterocycles. The number of carbonyl (C=O) groups is 1. The molecule has 1 unspecified atom stereocenters. The molecule has 0 saturated heterocycles. The van der Waals surface area contributed by atoms with Gasteiger partial charge in [0.25, 0.3) is 20.2 Å². The van der Waals surface area contributed by atoms with Crippen molar-refractivity contribution in [3.63, 3.8) is 0 Å². The Bertz CT molecular complexity index is 1680. The largest absolute Gasteiger partial charge is 0.480 e. The molecule has 4 aromatic rings. The number of benzene rings is 3. The summed E-state index contributed by atoms with van der Waals surface area (Å²) in [5, 5.41) is 12.0. The molecule has 5 N–H and O–H groups in total. The Labute approximate surface area is 240 Å². The van der Waals surface area contributed by atoms with Crippen molar-refractivity contribution in [1.82, 2.24) is 4.90 Å². The van der Waals surface area contributed by atoms with Gasteiger partial charge >= 0.3 is 5.97 Å². The normalized spacial score (nSPS) is 17.3. The molecular formula is C26H26ClNO9S3. The number of thiophene rings is 1. The van der Waals surface area contributed by atoms with Gasteiger partial charge in [0.05, 0.1) is 12.6 Å². The minimum absolute atomic E-state index is 0. The summed E-state index contributed by atoms with van der Waals surface area (Å²) < 4.78 is 62.7. The Kier molecular flexibility index (Phi) is 9.75. The van der Waals surface area contributed by atoms with E-state index in [1.165, 1.54) is 34.7 Å². The molecule has 1 aromatic heterocycles. The van der Waals surface area contributed by atoms with Crippen molar-refractivity contribution in [2.24, 2.45) is 0 Å². The van der Waals surface area contributed by atoms with Gasteiger partial charge in [0.2, 0.25) is 0 Å². The molecule has 2 atom stereocenters. The SMILES string of the molecule is CC1CN(CC(=O)O)[C@H](c2ccccc2Cl)c2ccsc21.O.O=S(=O)(O)c1cccc2c(S(=O)(=O)O)cccc12. The van der Waals surface area contributed by atoms with Crippen LogP contribution in [0.5, 0.6) is 0 Å². The van der Waals surface area contributed by atoms with Crippen LogP contribution in [0.2, 0.25) is 5.02 Å². The summed E-state index contributed by atoms with van der Waals surface area (Å²) in [6.07, 6.45) is 0.